The number of halogens is 4. The number of rotatable bonds is 8. The van der Waals surface area contributed by atoms with Crippen LogP contribution in [-0.4, -0.2) is 76.6 Å². The molecule has 0 saturated carbocycles. The minimum absolute atomic E-state index is 0. The number of nitrogens with one attached hydrogen (secondary N) is 1. The number of nitrogens with zero attached hydrogens (tertiary/aromatic N) is 3. The predicted octanol–water partition coefficient (Wildman–Crippen LogP) is 3.37. The normalized spacial score (nSPS) is 15.1. The Morgan fingerprint density at radius 3 is 2.55 bits per heavy atom. The molecule has 0 unspecified atom stereocenters. The number of hydrogen-bond acceptors (Lipinski definition) is 4. The first kappa shape index (κ1) is 25.6. The molecule has 0 spiro atoms. The second kappa shape index (κ2) is 13.0. The molecule has 0 aromatic heterocycles. The standard InChI is InChI=1S/C19H29F3N4O2.HI/c1-3-23-18(24-8-5-13-28-15-19(20,21)22)26-11-9-25(10-12-26)16-6-4-7-17(14-16)27-2;/h4,6-7,14H,3,5,8-13,15H2,1-2H3,(H,23,24);1H. The number of alkyl halides is 3. The second-order valence-electron chi connectivity index (χ2n) is 6.43. The molecule has 29 heavy (non-hydrogen) atoms. The van der Waals surface area contributed by atoms with E-state index in [-0.39, 0.29) is 30.6 Å². The Hall–Kier alpha value is -1.43. The van der Waals surface area contributed by atoms with Gasteiger partial charge in [-0.1, -0.05) is 6.07 Å². The maximum atomic E-state index is 12.1. The van der Waals surface area contributed by atoms with Crippen molar-refractivity contribution >= 4 is 35.6 Å². The molecule has 1 fully saturated rings. The molecule has 0 amide bonds. The van der Waals surface area contributed by atoms with E-state index in [2.05, 4.69) is 30.9 Å². The molecular weight excluding hydrogens is 500 g/mol. The number of aliphatic imine (C=N–C) groups is 1. The van der Waals surface area contributed by atoms with Crippen LogP contribution in [0.3, 0.4) is 0 Å². The maximum Gasteiger partial charge on any atom is 0.411 e. The fourth-order valence-electron chi connectivity index (χ4n) is 2.95. The minimum Gasteiger partial charge on any atom is -0.497 e. The van der Waals surface area contributed by atoms with Crippen molar-refractivity contribution in [2.75, 3.05) is 64.5 Å². The van der Waals surface area contributed by atoms with Gasteiger partial charge < -0.3 is 24.6 Å². The topological polar surface area (TPSA) is 49.3 Å². The number of guanidine groups is 1. The highest BCUT2D eigenvalue weighted by atomic mass is 127. The summed E-state index contributed by atoms with van der Waals surface area (Å²) < 4.78 is 46.1. The van der Waals surface area contributed by atoms with Gasteiger partial charge in [-0.25, -0.2) is 0 Å². The van der Waals surface area contributed by atoms with Crippen LogP contribution in [0.2, 0.25) is 0 Å². The van der Waals surface area contributed by atoms with Gasteiger partial charge in [0.05, 0.1) is 7.11 Å². The lowest BCUT2D eigenvalue weighted by atomic mass is 10.2. The average molecular weight is 530 g/mol. The third-order valence-corrected chi connectivity index (χ3v) is 4.31. The molecule has 0 bridgehead atoms. The number of anilines is 1. The molecule has 2 rings (SSSR count). The van der Waals surface area contributed by atoms with Gasteiger partial charge in [0.15, 0.2) is 5.96 Å². The van der Waals surface area contributed by atoms with Gasteiger partial charge in [0.1, 0.15) is 12.4 Å². The van der Waals surface area contributed by atoms with Crippen LogP contribution in [0, 0.1) is 0 Å². The first-order valence-corrected chi connectivity index (χ1v) is 9.49. The fraction of sp³-hybridized carbons (Fsp3) is 0.632. The largest absolute Gasteiger partial charge is 0.497 e. The van der Waals surface area contributed by atoms with Crippen LogP contribution in [0.5, 0.6) is 5.75 Å². The van der Waals surface area contributed by atoms with E-state index >= 15 is 0 Å². The Kier molecular flexibility index (Phi) is 11.5. The summed E-state index contributed by atoms with van der Waals surface area (Å²) in [7, 11) is 1.66. The van der Waals surface area contributed by atoms with E-state index in [1.165, 1.54) is 0 Å². The smallest absolute Gasteiger partial charge is 0.411 e. The first-order valence-electron chi connectivity index (χ1n) is 9.49. The van der Waals surface area contributed by atoms with Crippen molar-refractivity contribution in [3.8, 4) is 5.75 Å². The second-order valence-corrected chi connectivity index (χ2v) is 6.43. The summed E-state index contributed by atoms with van der Waals surface area (Å²) in [6.07, 6.45) is -3.82. The van der Waals surface area contributed by atoms with E-state index < -0.39 is 12.8 Å². The van der Waals surface area contributed by atoms with Crippen LogP contribution in [0.1, 0.15) is 13.3 Å². The molecule has 1 aliphatic rings. The lowest BCUT2D eigenvalue weighted by Gasteiger charge is -2.37. The molecule has 0 aliphatic carbocycles. The van der Waals surface area contributed by atoms with Gasteiger partial charge >= 0.3 is 6.18 Å². The molecule has 1 N–H and O–H groups in total. The summed E-state index contributed by atoms with van der Waals surface area (Å²) in [5, 5.41) is 3.26. The molecule has 1 aromatic carbocycles. The van der Waals surface area contributed by atoms with Crippen LogP contribution in [0.25, 0.3) is 0 Å². The Labute approximate surface area is 187 Å². The zero-order valence-corrected chi connectivity index (χ0v) is 19.2. The number of benzene rings is 1. The zero-order chi connectivity index (χ0) is 20.4. The van der Waals surface area contributed by atoms with Crippen LogP contribution >= 0.6 is 24.0 Å². The van der Waals surface area contributed by atoms with Gasteiger partial charge in [0, 0.05) is 57.6 Å². The predicted molar refractivity (Wildman–Crippen MR) is 120 cm³/mol. The van der Waals surface area contributed by atoms with E-state index in [0.29, 0.717) is 13.0 Å². The van der Waals surface area contributed by atoms with Crippen LogP contribution in [0.15, 0.2) is 29.3 Å². The summed E-state index contributed by atoms with van der Waals surface area (Å²) >= 11 is 0. The highest BCUT2D eigenvalue weighted by molar-refractivity contribution is 14.0. The van der Waals surface area contributed by atoms with E-state index in [4.69, 9.17) is 4.74 Å². The Bertz CT molecular complexity index is 624. The lowest BCUT2D eigenvalue weighted by molar-refractivity contribution is -0.173. The third kappa shape index (κ3) is 9.28. The van der Waals surface area contributed by atoms with Crippen molar-refractivity contribution < 1.29 is 22.6 Å². The van der Waals surface area contributed by atoms with E-state index in [1.807, 2.05) is 25.1 Å². The first-order chi connectivity index (χ1) is 13.4. The van der Waals surface area contributed by atoms with Crippen LogP contribution in [-0.2, 0) is 4.74 Å². The number of methoxy groups -OCH3 is 1. The monoisotopic (exact) mass is 530 g/mol. The van der Waals surface area contributed by atoms with Gasteiger partial charge in [0.2, 0.25) is 0 Å². The van der Waals surface area contributed by atoms with Crippen molar-refractivity contribution in [3.63, 3.8) is 0 Å². The summed E-state index contributed by atoms with van der Waals surface area (Å²) in [6, 6.07) is 8.00. The highest BCUT2D eigenvalue weighted by Gasteiger charge is 2.27. The van der Waals surface area contributed by atoms with Gasteiger partial charge in [-0.3, -0.25) is 4.99 Å². The molecule has 166 valence electrons. The van der Waals surface area contributed by atoms with Gasteiger partial charge in [-0.05, 0) is 25.5 Å². The summed E-state index contributed by atoms with van der Waals surface area (Å²) in [6.45, 7) is 5.33. The SMILES string of the molecule is CCNC(=NCCCOCC(F)(F)F)N1CCN(c2cccc(OC)c2)CC1.I. The van der Waals surface area contributed by atoms with Crippen molar-refractivity contribution in [1.82, 2.24) is 10.2 Å². The third-order valence-electron chi connectivity index (χ3n) is 4.31. The molecule has 10 heteroatoms. The molecular formula is C19H30F3IN4O2. The van der Waals surface area contributed by atoms with E-state index in [1.54, 1.807) is 7.11 Å². The minimum atomic E-state index is -4.28. The van der Waals surface area contributed by atoms with Crippen molar-refractivity contribution in [2.24, 2.45) is 4.99 Å². The number of hydrogen-bond donors (Lipinski definition) is 1. The summed E-state index contributed by atoms with van der Waals surface area (Å²) in [4.78, 5) is 9.00. The fourth-order valence-corrected chi connectivity index (χ4v) is 2.95. The Morgan fingerprint density at radius 2 is 1.93 bits per heavy atom. The number of piperazine rings is 1. The van der Waals surface area contributed by atoms with Crippen LogP contribution in [0.4, 0.5) is 18.9 Å². The molecule has 1 heterocycles. The average Bonchev–Trinajstić information content (AvgIpc) is 2.69. The van der Waals surface area contributed by atoms with Gasteiger partial charge in [0.25, 0.3) is 0 Å². The Morgan fingerprint density at radius 1 is 1.21 bits per heavy atom. The highest BCUT2D eigenvalue weighted by Crippen LogP contribution is 2.22. The van der Waals surface area contributed by atoms with Gasteiger partial charge in [-0.15, -0.1) is 24.0 Å². The van der Waals surface area contributed by atoms with Crippen LogP contribution < -0.4 is 15.0 Å². The maximum absolute atomic E-state index is 12.1. The lowest BCUT2D eigenvalue weighted by Crippen LogP contribution is -2.52. The molecule has 1 aliphatic heterocycles. The molecule has 0 radical (unpaired) electrons. The van der Waals surface area contributed by atoms with Crippen molar-refractivity contribution in [2.45, 2.75) is 19.5 Å². The number of ether oxygens (including phenoxy) is 2. The quantitative estimate of drug-likeness (QED) is 0.242. The Balaban J connectivity index is 0.00000420. The molecule has 1 aromatic rings. The summed E-state index contributed by atoms with van der Waals surface area (Å²) in [5.74, 6) is 1.63. The molecule has 1 saturated heterocycles. The summed E-state index contributed by atoms with van der Waals surface area (Å²) in [5.41, 5.74) is 1.13. The molecule has 6 nitrogen and oxygen atoms in total. The van der Waals surface area contributed by atoms with E-state index in [9.17, 15) is 13.2 Å². The zero-order valence-electron chi connectivity index (χ0n) is 16.9. The van der Waals surface area contributed by atoms with E-state index in [0.717, 1.165) is 50.1 Å². The van der Waals surface area contributed by atoms with Crippen molar-refractivity contribution in [3.05, 3.63) is 24.3 Å². The molecule has 0 atom stereocenters. The van der Waals surface area contributed by atoms with Crippen molar-refractivity contribution in [1.29, 1.82) is 0 Å². The van der Waals surface area contributed by atoms with Gasteiger partial charge in [-0.2, -0.15) is 13.2 Å².